The molecule has 7 nitrogen and oxygen atoms in total. The Labute approximate surface area is 126 Å². The number of carbonyl (C=O) groups is 2. The van der Waals surface area contributed by atoms with Gasteiger partial charge in [-0.2, -0.15) is 0 Å². The van der Waals surface area contributed by atoms with Gasteiger partial charge < -0.3 is 14.4 Å². The lowest BCUT2D eigenvalue weighted by Crippen LogP contribution is -2.29. The Morgan fingerprint density at radius 2 is 2.05 bits per heavy atom. The number of nitrogens with zero attached hydrogens (tertiary/aromatic N) is 1. The molecule has 2 rings (SSSR count). The van der Waals surface area contributed by atoms with Crippen LogP contribution in [0.3, 0.4) is 0 Å². The highest BCUT2D eigenvalue weighted by Crippen LogP contribution is 2.20. The van der Waals surface area contributed by atoms with Crippen molar-refractivity contribution in [1.29, 1.82) is 0 Å². The number of benzene rings is 1. The molecule has 0 saturated carbocycles. The lowest BCUT2D eigenvalue weighted by atomic mass is 10.1. The summed E-state index contributed by atoms with van der Waals surface area (Å²) in [4.78, 5) is 23.9. The van der Waals surface area contributed by atoms with Crippen LogP contribution in [0.5, 0.6) is 5.75 Å². The van der Waals surface area contributed by atoms with E-state index in [0.29, 0.717) is 5.69 Å². The fourth-order valence-corrected chi connectivity index (χ4v) is 1.74. The van der Waals surface area contributed by atoms with Gasteiger partial charge in [0.1, 0.15) is 11.3 Å². The second kappa shape index (κ2) is 6.30. The lowest BCUT2D eigenvalue weighted by Gasteiger charge is -2.13. The summed E-state index contributed by atoms with van der Waals surface area (Å²) in [7, 11) is 0. The molecule has 0 aliphatic heterocycles. The first-order valence-electron chi connectivity index (χ1n) is 6.61. The normalized spacial score (nSPS) is 11.8. The van der Waals surface area contributed by atoms with Crippen LogP contribution < -0.4 is 5.32 Å². The number of aromatic hydroxyl groups is 1. The van der Waals surface area contributed by atoms with Crippen molar-refractivity contribution in [3.8, 4) is 5.75 Å². The molecule has 7 heteroatoms. The predicted octanol–water partition coefficient (Wildman–Crippen LogP) is 2.18. The fraction of sp³-hybridized carbons (Fsp3) is 0.267. The molecular weight excluding hydrogens is 288 g/mol. The van der Waals surface area contributed by atoms with E-state index in [2.05, 4.69) is 10.5 Å². The Balaban J connectivity index is 2.01. The van der Waals surface area contributed by atoms with E-state index in [-0.39, 0.29) is 17.2 Å². The van der Waals surface area contributed by atoms with E-state index in [1.807, 2.05) is 0 Å². The van der Waals surface area contributed by atoms with Crippen molar-refractivity contribution in [2.45, 2.75) is 26.9 Å². The molecule has 0 bridgehead atoms. The van der Waals surface area contributed by atoms with Gasteiger partial charge in [0.25, 0.3) is 5.91 Å². The van der Waals surface area contributed by atoms with E-state index >= 15 is 0 Å². The van der Waals surface area contributed by atoms with Crippen molar-refractivity contribution in [2.24, 2.45) is 0 Å². The zero-order valence-corrected chi connectivity index (χ0v) is 12.4. The third kappa shape index (κ3) is 3.63. The molecule has 1 aromatic carbocycles. The summed E-state index contributed by atoms with van der Waals surface area (Å²) < 4.78 is 9.89. The maximum Gasteiger partial charge on any atom is 0.342 e. The number of rotatable bonds is 4. The molecule has 0 aliphatic rings. The Kier molecular flexibility index (Phi) is 4.45. The molecule has 0 spiro atoms. The van der Waals surface area contributed by atoms with Crippen LogP contribution >= 0.6 is 0 Å². The van der Waals surface area contributed by atoms with Gasteiger partial charge in [-0.05, 0) is 32.9 Å². The molecule has 1 amide bonds. The molecular formula is C15H16N2O5. The van der Waals surface area contributed by atoms with E-state index in [1.165, 1.54) is 19.1 Å². The van der Waals surface area contributed by atoms with Crippen molar-refractivity contribution in [1.82, 2.24) is 5.16 Å². The van der Waals surface area contributed by atoms with E-state index < -0.39 is 18.0 Å². The zero-order chi connectivity index (χ0) is 16.3. The van der Waals surface area contributed by atoms with Crippen molar-refractivity contribution in [2.75, 3.05) is 5.32 Å². The van der Waals surface area contributed by atoms with Gasteiger partial charge in [0.05, 0.1) is 5.69 Å². The van der Waals surface area contributed by atoms with Crippen LogP contribution in [0.2, 0.25) is 0 Å². The SMILES string of the molecule is Cc1ccc(O)c(C(=O)OC(C)C(=O)Nc2cc(C)no2)c1. The maximum atomic E-state index is 12.0. The molecule has 116 valence electrons. The van der Waals surface area contributed by atoms with Crippen LogP contribution in [0, 0.1) is 13.8 Å². The number of anilines is 1. The van der Waals surface area contributed by atoms with Crippen LogP contribution in [-0.2, 0) is 9.53 Å². The minimum absolute atomic E-state index is 0.00941. The molecule has 0 fully saturated rings. The molecule has 22 heavy (non-hydrogen) atoms. The number of phenols is 1. The number of carbonyl (C=O) groups excluding carboxylic acids is 2. The molecule has 0 radical (unpaired) electrons. The highest BCUT2D eigenvalue weighted by Gasteiger charge is 2.22. The quantitative estimate of drug-likeness (QED) is 0.839. The first kappa shape index (κ1) is 15.6. The van der Waals surface area contributed by atoms with Gasteiger partial charge in [-0.25, -0.2) is 4.79 Å². The maximum absolute atomic E-state index is 12.0. The van der Waals surface area contributed by atoms with E-state index in [1.54, 1.807) is 26.0 Å². The third-order valence-corrected chi connectivity index (χ3v) is 2.90. The first-order chi connectivity index (χ1) is 10.4. The van der Waals surface area contributed by atoms with Gasteiger partial charge in [0.2, 0.25) is 5.88 Å². The predicted molar refractivity (Wildman–Crippen MR) is 77.6 cm³/mol. The minimum atomic E-state index is -1.06. The molecule has 0 aliphatic carbocycles. The Hall–Kier alpha value is -2.83. The van der Waals surface area contributed by atoms with Crippen LogP contribution in [-0.4, -0.2) is 28.2 Å². The fourth-order valence-electron chi connectivity index (χ4n) is 1.74. The Morgan fingerprint density at radius 3 is 2.68 bits per heavy atom. The number of amides is 1. The largest absolute Gasteiger partial charge is 0.507 e. The molecule has 2 N–H and O–H groups in total. The number of nitrogens with one attached hydrogen (secondary N) is 1. The lowest BCUT2D eigenvalue weighted by molar-refractivity contribution is -0.123. The molecule has 1 atom stereocenters. The summed E-state index contributed by atoms with van der Waals surface area (Å²) in [6.07, 6.45) is -1.06. The molecule has 1 heterocycles. The molecule has 1 unspecified atom stereocenters. The minimum Gasteiger partial charge on any atom is -0.507 e. The van der Waals surface area contributed by atoms with E-state index in [9.17, 15) is 14.7 Å². The molecule has 1 aromatic heterocycles. The first-order valence-corrected chi connectivity index (χ1v) is 6.61. The standard InChI is InChI=1S/C15H16N2O5/c1-8-4-5-12(18)11(6-8)15(20)21-10(3)14(19)16-13-7-9(2)17-22-13/h4-7,10,18H,1-3H3,(H,16,19). The third-order valence-electron chi connectivity index (χ3n) is 2.90. The second-order valence-corrected chi connectivity index (χ2v) is 4.89. The summed E-state index contributed by atoms with van der Waals surface area (Å²) in [5.41, 5.74) is 1.42. The topological polar surface area (TPSA) is 102 Å². The van der Waals surface area contributed by atoms with Gasteiger partial charge in [-0.3, -0.25) is 10.1 Å². The average molecular weight is 304 g/mol. The highest BCUT2D eigenvalue weighted by atomic mass is 16.5. The van der Waals surface area contributed by atoms with Crippen molar-refractivity contribution in [3.05, 3.63) is 41.1 Å². The van der Waals surface area contributed by atoms with E-state index in [4.69, 9.17) is 9.26 Å². The van der Waals surface area contributed by atoms with Crippen molar-refractivity contribution in [3.63, 3.8) is 0 Å². The second-order valence-electron chi connectivity index (χ2n) is 4.89. The monoisotopic (exact) mass is 304 g/mol. The van der Waals surface area contributed by atoms with Crippen LogP contribution in [0.25, 0.3) is 0 Å². The highest BCUT2D eigenvalue weighted by molar-refractivity contribution is 5.97. The smallest absolute Gasteiger partial charge is 0.342 e. The number of ether oxygens (including phenoxy) is 1. The van der Waals surface area contributed by atoms with Crippen molar-refractivity contribution >= 4 is 17.8 Å². The zero-order valence-electron chi connectivity index (χ0n) is 12.4. The number of hydrogen-bond acceptors (Lipinski definition) is 6. The van der Waals surface area contributed by atoms with Gasteiger partial charge in [0.15, 0.2) is 6.10 Å². The number of aromatic nitrogens is 1. The van der Waals surface area contributed by atoms with Crippen LogP contribution in [0.4, 0.5) is 5.88 Å². The Bertz CT molecular complexity index is 708. The number of phenolic OH excluding ortho intramolecular Hbond substituents is 1. The number of aryl methyl sites for hydroxylation is 2. The summed E-state index contributed by atoms with van der Waals surface area (Å²) >= 11 is 0. The molecule has 0 saturated heterocycles. The summed E-state index contributed by atoms with van der Waals surface area (Å²) in [5, 5.41) is 15.7. The summed E-state index contributed by atoms with van der Waals surface area (Å²) in [5.74, 6) is -1.37. The molecule has 2 aromatic rings. The van der Waals surface area contributed by atoms with Gasteiger partial charge in [0, 0.05) is 6.07 Å². The van der Waals surface area contributed by atoms with Gasteiger partial charge in [-0.15, -0.1) is 0 Å². The summed E-state index contributed by atoms with van der Waals surface area (Å²) in [6.45, 7) is 4.91. The number of esters is 1. The summed E-state index contributed by atoms with van der Waals surface area (Å²) in [6, 6.07) is 6.09. The van der Waals surface area contributed by atoms with Gasteiger partial charge in [-0.1, -0.05) is 16.8 Å². The number of hydrogen-bond donors (Lipinski definition) is 2. The van der Waals surface area contributed by atoms with E-state index in [0.717, 1.165) is 5.56 Å². The van der Waals surface area contributed by atoms with Crippen LogP contribution in [0.15, 0.2) is 28.8 Å². The van der Waals surface area contributed by atoms with Crippen molar-refractivity contribution < 1.29 is 24.0 Å². The Morgan fingerprint density at radius 1 is 1.32 bits per heavy atom. The van der Waals surface area contributed by atoms with Crippen LogP contribution in [0.1, 0.15) is 28.5 Å². The van der Waals surface area contributed by atoms with Gasteiger partial charge >= 0.3 is 5.97 Å². The average Bonchev–Trinajstić information content (AvgIpc) is 2.86.